The van der Waals surface area contributed by atoms with E-state index in [1.807, 2.05) is 24.8 Å². The second-order valence-electron chi connectivity index (χ2n) is 4.96. The van der Waals surface area contributed by atoms with Gasteiger partial charge in [0, 0.05) is 25.6 Å². The van der Waals surface area contributed by atoms with E-state index in [9.17, 15) is 9.18 Å². The maximum absolute atomic E-state index is 13.3. The van der Waals surface area contributed by atoms with Crippen molar-refractivity contribution >= 4 is 5.91 Å². The Morgan fingerprint density at radius 1 is 1.50 bits per heavy atom. The minimum Gasteiger partial charge on any atom is -0.333 e. The molecular weight excluding hydrogens is 231 g/mol. The lowest BCUT2D eigenvalue weighted by molar-refractivity contribution is -0.137. The van der Waals surface area contributed by atoms with Gasteiger partial charge in [0.15, 0.2) is 0 Å². The number of hydrogen-bond acceptors (Lipinski definition) is 2. The van der Waals surface area contributed by atoms with Gasteiger partial charge >= 0.3 is 0 Å². The number of hydrogen-bond donors (Lipinski definition) is 1. The lowest BCUT2D eigenvalue weighted by Gasteiger charge is -2.37. The van der Waals surface area contributed by atoms with Crippen molar-refractivity contribution in [1.29, 1.82) is 0 Å². The fourth-order valence-corrected chi connectivity index (χ4v) is 2.31. The Labute approximate surface area is 107 Å². The molecule has 1 unspecified atom stereocenters. The normalized spacial score (nSPS) is 20.2. The van der Waals surface area contributed by atoms with Crippen molar-refractivity contribution in [3.63, 3.8) is 0 Å². The smallest absolute Gasteiger partial charge is 0.225 e. The second kappa shape index (κ2) is 5.48. The molecule has 1 aromatic rings. The van der Waals surface area contributed by atoms with Gasteiger partial charge in [-0.15, -0.1) is 0 Å². The van der Waals surface area contributed by atoms with Gasteiger partial charge in [0.1, 0.15) is 5.82 Å². The molecule has 1 amide bonds. The van der Waals surface area contributed by atoms with Gasteiger partial charge in [-0.3, -0.25) is 4.79 Å². The van der Waals surface area contributed by atoms with Gasteiger partial charge in [0.2, 0.25) is 5.91 Å². The zero-order valence-electron chi connectivity index (χ0n) is 10.8. The molecule has 18 heavy (non-hydrogen) atoms. The quantitative estimate of drug-likeness (QED) is 0.870. The van der Waals surface area contributed by atoms with Crippen LogP contribution in [-0.2, 0) is 4.79 Å². The Morgan fingerprint density at radius 2 is 2.28 bits per heavy atom. The molecule has 1 fully saturated rings. The summed E-state index contributed by atoms with van der Waals surface area (Å²) in [6, 6.07) is 6.44. The van der Waals surface area contributed by atoms with Crippen molar-refractivity contribution in [3.8, 4) is 0 Å². The summed E-state index contributed by atoms with van der Waals surface area (Å²) < 4.78 is 13.3. The Kier molecular flexibility index (Phi) is 3.97. The van der Waals surface area contributed by atoms with E-state index >= 15 is 0 Å². The molecule has 1 N–H and O–H groups in total. The van der Waals surface area contributed by atoms with Gasteiger partial charge in [-0.25, -0.2) is 4.39 Å². The molecule has 2 rings (SSSR count). The van der Waals surface area contributed by atoms with Crippen molar-refractivity contribution in [2.45, 2.75) is 19.9 Å². The number of halogens is 1. The summed E-state index contributed by atoms with van der Waals surface area (Å²) in [5.41, 5.74) is 0.858. The van der Waals surface area contributed by atoms with E-state index in [1.165, 1.54) is 12.1 Å². The lowest BCUT2D eigenvalue weighted by Crippen LogP contribution is -2.49. The molecule has 1 aromatic carbocycles. The van der Waals surface area contributed by atoms with Crippen molar-refractivity contribution in [1.82, 2.24) is 10.2 Å². The van der Waals surface area contributed by atoms with Crippen LogP contribution in [0.4, 0.5) is 4.39 Å². The molecule has 0 aliphatic carbocycles. The van der Waals surface area contributed by atoms with Gasteiger partial charge in [-0.1, -0.05) is 26.0 Å². The number of nitrogens with zero attached hydrogens (tertiary/aromatic N) is 1. The summed E-state index contributed by atoms with van der Waals surface area (Å²) in [4.78, 5) is 14.0. The van der Waals surface area contributed by atoms with Gasteiger partial charge in [0.05, 0.1) is 6.04 Å². The van der Waals surface area contributed by atoms with E-state index in [0.29, 0.717) is 13.1 Å². The number of rotatable bonds is 2. The third-order valence-corrected chi connectivity index (χ3v) is 3.25. The fraction of sp³-hybridized carbons (Fsp3) is 0.500. The van der Waals surface area contributed by atoms with Crippen LogP contribution < -0.4 is 5.32 Å². The highest BCUT2D eigenvalue weighted by Gasteiger charge is 2.29. The van der Waals surface area contributed by atoms with Crippen molar-refractivity contribution in [2.24, 2.45) is 5.92 Å². The number of amides is 1. The van der Waals surface area contributed by atoms with Crippen molar-refractivity contribution < 1.29 is 9.18 Å². The van der Waals surface area contributed by atoms with E-state index in [1.54, 1.807) is 6.07 Å². The topological polar surface area (TPSA) is 32.3 Å². The van der Waals surface area contributed by atoms with Crippen LogP contribution in [0.3, 0.4) is 0 Å². The fourth-order valence-electron chi connectivity index (χ4n) is 2.31. The van der Waals surface area contributed by atoms with E-state index in [2.05, 4.69) is 5.32 Å². The molecule has 0 spiro atoms. The van der Waals surface area contributed by atoms with Gasteiger partial charge < -0.3 is 10.2 Å². The summed E-state index contributed by atoms with van der Waals surface area (Å²) in [5, 5.41) is 3.26. The summed E-state index contributed by atoms with van der Waals surface area (Å²) in [6.45, 7) is 5.95. The van der Waals surface area contributed by atoms with E-state index in [4.69, 9.17) is 0 Å². The summed E-state index contributed by atoms with van der Waals surface area (Å²) >= 11 is 0. The molecule has 0 saturated carbocycles. The van der Waals surface area contributed by atoms with Crippen LogP contribution in [-0.4, -0.2) is 30.4 Å². The number of carbonyl (C=O) groups is 1. The largest absolute Gasteiger partial charge is 0.333 e. The van der Waals surface area contributed by atoms with E-state index < -0.39 is 0 Å². The first-order valence-electron chi connectivity index (χ1n) is 6.36. The zero-order chi connectivity index (χ0) is 13.1. The first-order valence-corrected chi connectivity index (χ1v) is 6.36. The lowest BCUT2D eigenvalue weighted by atomic mass is 10.0. The van der Waals surface area contributed by atoms with Gasteiger partial charge in [-0.05, 0) is 17.7 Å². The molecule has 3 nitrogen and oxygen atoms in total. The second-order valence-corrected chi connectivity index (χ2v) is 4.96. The average Bonchev–Trinajstić information content (AvgIpc) is 2.38. The minimum absolute atomic E-state index is 0.0286. The minimum atomic E-state index is -0.255. The molecule has 0 radical (unpaired) electrons. The highest BCUT2D eigenvalue weighted by Crippen LogP contribution is 2.24. The third kappa shape index (κ3) is 2.70. The highest BCUT2D eigenvalue weighted by molar-refractivity contribution is 5.78. The van der Waals surface area contributed by atoms with Crippen LogP contribution in [0.2, 0.25) is 0 Å². The average molecular weight is 250 g/mol. The molecule has 4 heteroatoms. The Morgan fingerprint density at radius 3 is 2.94 bits per heavy atom. The third-order valence-electron chi connectivity index (χ3n) is 3.25. The monoisotopic (exact) mass is 250 g/mol. The summed E-state index contributed by atoms with van der Waals surface area (Å²) in [7, 11) is 0. The zero-order valence-corrected chi connectivity index (χ0v) is 10.8. The SMILES string of the molecule is CC(C)C(=O)N1CCNCC1c1cccc(F)c1. The molecule has 1 aliphatic heterocycles. The molecular formula is C14H19FN2O. The van der Waals surface area contributed by atoms with Crippen LogP contribution in [0.1, 0.15) is 25.5 Å². The number of benzene rings is 1. The van der Waals surface area contributed by atoms with Gasteiger partial charge in [-0.2, -0.15) is 0 Å². The standard InChI is InChI=1S/C14H19FN2O/c1-10(2)14(18)17-7-6-16-9-13(17)11-4-3-5-12(15)8-11/h3-5,8,10,13,16H,6-7,9H2,1-2H3. The Bertz CT molecular complexity index is 434. The van der Waals surface area contributed by atoms with Crippen LogP contribution >= 0.6 is 0 Å². The summed E-state index contributed by atoms with van der Waals surface area (Å²) in [6.07, 6.45) is 0. The Hall–Kier alpha value is -1.42. The predicted octanol–water partition coefficient (Wildman–Crippen LogP) is 1.95. The summed E-state index contributed by atoms with van der Waals surface area (Å²) in [5.74, 6) is -0.153. The van der Waals surface area contributed by atoms with Crippen molar-refractivity contribution in [3.05, 3.63) is 35.6 Å². The predicted molar refractivity (Wildman–Crippen MR) is 68.6 cm³/mol. The molecule has 1 saturated heterocycles. The maximum atomic E-state index is 13.3. The van der Waals surface area contributed by atoms with Crippen LogP contribution in [0.15, 0.2) is 24.3 Å². The first-order chi connectivity index (χ1) is 8.59. The van der Waals surface area contributed by atoms with E-state index in [0.717, 1.165) is 12.1 Å². The van der Waals surface area contributed by atoms with Crippen LogP contribution in [0.25, 0.3) is 0 Å². The molecule has 1 atom stereocenters. The van der Waals surface area contributed by atoms with Crippen molar-refractivity contribution in [2.75, 3.05) is 19.6 Å². The van der Waals surface area contributed by atoms with Crippen LogP contribution in [0.5, 0.6) is 0 Å². The van der Waals surface area contributed by atoms with E-state index in [-0.39, 0.29) is 23.7 Å². The highest BCUT2D eigenvalue weighted by atomic mass is 19.1. The molecule has 1 aliphatic rings. The number of carbonyl (C=O) groups excluding carboxylic acids is 1. The van der Waals surface area contributed by atoms with Gasteiger partial charge in [0.25, 0.3) is 0 Å². The Balaban J connectivity index is 2.25. The van der Waals surface area contributed by atoms with Crippen LogP contribution in [0, 0.1) is 11.7 Å². The molecule has 98 valence electrons. The molecule has 0 bridgehead atoms. The molecule has 1 heterocycles. The molecule has 0 aromatic heterocycles. The number of nitrogens with one attached hydrogen (secondary N) is 1. The maximum Gasteiger partial charge on any atom is 0.225 e. The number of piperazine rings is 1. The first kappa shape index (κ1) is 13.0.